The Hall–Kier alpha value is -1.22. The molecule has 0 aliphatic rings. The highest BCUT2D eigenvalue weighted by Gasteiger charge is 2.15. The maximum absolute atomic E-state index is 12.3. The number of ether oxygens (including phenoxy) is 2. The molecule has 1 aromatic heterocycles. The second-order valence-corrected chi connectivity index (χ2v) is 14.1. The van der Waals surface area contributed by atoms with E-state index in [4.69, 9.17) is 9.47 Å². The van der Waals surface area contributed by atoms with Crippen molar-refractivity contribution in [1.29, 1.82) is 0 Å². The molecule has 0 radical (unpaired) electrons. The summed E-state index contributed by atoms with van der Waals surface area (Å²) in [5.41, 5.74) is 0.535. The Morgan fingerprint density at radius 3 is 2.64 bits per heavy atom. The molecule has 0 amide bonds. The molecule has 0 fully saturated rings. The van der Waals surface area contributed by atoms with E-state index in [2.05, 4.69) is 45.8 Å². The highest BCUT2D eigenvalue weighted by atomic mass is 79.9. The number of nitrogens with zero attached hydrogens (tertiary/aromatic N) is 2. The third-order valence-electron chi connectivity index (χ3n) is 3.66. The first-order valence-electron chi connectivity index (χ1n) is 8.23. The predicted octanol–water partition coefficient (Wildman–Crippen LogP) is 3.44. The quantitative estimate of drug-likeness (QED) is 0.396. The van der Waals surface area contributed by atoms with E-state index < -0.39 is 8.07 Å². The van der Waals surface area contributed by atoms with Crippen molar-refractivity contribution in [2.24, 2.45) is 0 Å². The molecule has 138 valence electrons. The summed E-state index contributed by atoms with van der Waals surface area (Å²) in [6, 6.07) is 4.77. The van der Waals surface area contributed by atoms with Crippen LogP contribution in [-0.4, -0.2) is 50.7 Å². The van der Waals surface area contributed by atoms with Crippen molar-refractivity contribution in [3.8, 4) is 5.75 Å². The molecule has 0 bridgehead atoms. The highest BCUT2D eigenvalue weighted by molar-refractivity contribution is 9.10. The number of aromatic nitrogens is 2. The first kappa shape index (κ1) is 20.1. The van der Waals surface area contributed by atoms with Gasteiger partial charge < -0.3 is 14.4 Å². The lowest BCUT2D eigenvalue weighted by Gasteiger charge is -2.16. The van der Waals surface area contributed by atoms with Crippen LogP contribution in [-0.2, 0) is 11.3 Å². The van der Waals surface area contributed by atoms with E-state index >= 15 is 0 Å². The molecular formula is C17H26BrN3O3Si. The SMILES string of the molecule is CN(C)Cc1n[nH]c(=O)c2c(OCOCC[Si](C)(C)C)cc(Br)cc12. The number of fused-ring (bicyclic) bond motifs is 1. The molecule has 0 spiro atoms. The fourth-order valence-electron chi connectivity index (χ4n) is 2.35. The van der Waals surface area contributed by atoms with Crippen molar-refractivity contribution in [2.45, 2.75) is 32.2 Å². The van der Waals surface area contributed by atoms with Gasteiger partial charge in [0.2, 0.25) is 0 Å². The molecule has 2 aromatic rings. The minimum absolute atomic E-state index is 0.126. The summed E-state index contributed by atoms with van der Waals surface area (Å²) < 4.78 is 12.2. The molecule has 0 aliphatic carbocycles. The minimum atomic E-state index is -1.13. The van der Waals surface area contributed by atoms with Crippen molar-refractivity contribution in [3.05, 3.63) is 32.7 Å². The first-order valence-corrected chi connectivity index (χ1v) is 12.7. The van der Waals surface area contributed by atoms with E-state index in [1.165, 1.54) is 0 Å². The third kappa shape index (κ3) is 5.91. The van der Waals surface area contributed by atoms with Gasteiger partial charge in [0.1, 0.15) is 5.75 Å². The zero-order valence-corrected chi connectivity index (χ0v) is 18.1. The molecule has 0 unspecified atom stereocenters. The van der Waals surface area contributed by atoms with Crippen LogP contribution in [0.2, 0.25) is 25.7 Å². The lowest BCUT2D eigenvalue weighted by atomic mass is 10.1. The van der Waals surface area contributed by atoms with E-state index in [0.717, 1.165) is 21.6 Å². The molecule has 0 aliphatic heterocycles. The number of hydrogen-bond donors (Lipinski definition) is 1. The summed E-state index contributed by atoms with van der Waals surface area (Å²) in [5, 5.41) is 8.04. The Labute approximate surface area is 157 Å². The smallest absolute Gasteiger partial charge is 0.275 e. The Morgan fingerprint density at radius 1 is 1.28 bits per heavy atom. The summed E-state index contributed by atoms with van der Waals surface area (Å²) in [7, 11) is 2.79. The Balaban J connectivity index is 2.23. The van der Waals surface area contributed by atoms with Gasteiger partial charge in [-0.2, -0.15) is 5.10 Å². The van der Waals surface area contributed by atoms with Crippen molar-refractivity contribution < 1.29 is 9.47 Å². The maximum Gasteiger partial charge on any atom is 0.275 e. The van der Waals surface area contributed by atoms with Crippen LogP contribution in [0.15, 0.2) is 21.4 Å². The number of H-pyrrole nitrogens is 1. The van der Waals surface area contributed by atoms with E-state index in [9.17, 15) is 4.79 Å². The molecule has 0 saturated carbocycles. The van der Waals surface area contributed by atoms with Gasteiger partial charge >= 0.3 is 0 Å². The van der Waals surface area contributed by atoms with Gasteiger partial charge in [-0.1, -0.05) is 35.6 Å². The molecule has 2 rings (SSSR count). The number of nitrogens with one attached hydrogen (secondary N) is 1. The standard InChI is InChI=1S/C17H26BrN3O3Si/c1-21(2)10-14-13-8-12(18)9-15(16(13)17(22)20-19-14)24-11-23-6-7-25(3,4)5/h8-9H,6-7,10-11H2,1-5H3,(H,20,22). The molecule has 0 saturated heterocycles. The van der Waals surface area contributed by atoms with Gasteiger partial charge in [-0.05, 0) is 32.3 Å². The Kier molecular flexibility index (Phi) is 6.78. The van der Waals surface area contributed by atoms with Crippen LogP contribution >= 0.6 is 15.9 Å². The van der Waals surface area contributed by atoms with Crippen LogP contribution < -0.4 is 10.3 Å². The maximum atomic E-state index is 12.3. The van der Waals surface area contributed by atoms with Gasteiger partial charge in [-0.25, -0.2) is 5.10 Å². The van der Waals surface area contributed by atoms with Crippen molar-refractivity contribution in [1.82, 2.24) is 15.1 Å². The van der Waals surface area contributed by atoms with E-state index in [-0.39, 0.29) is 12.4 Å². The summed E-state index contributed by atoms with van der Waals surface area (Å²) in [4.78, 5) is 14.3. The van der Waals surface area contributed by atoms with Gasteiger partial charge in [0, 0.05) is 31.1 Å². The first-order chi connectivity index (χ1) is 11.7. The number of hydrogen-bond acceptors (Lipinski definition) is 5. The van der Waals surface area contributed by atoms with Gasteiger partial charge in [0.15, 0.2) is 6.79 Å². The lowest BCUT2D eigenvalue weighted by Crippen LogP contribution is -2.22. The van der Waals surface area contributed by atoms with Gasteiger partial charge in [0.25, 0.3) is 5.56 Å². The topological polar surface area (TPSA) is 67.5 Å². The molecule has 1 N–H and O–H groups in total. The van der Waals surface area contributed by atoms with Crippen LogP contribution in [0.5, 0.6) is 5.75 Å². The summed E-state index contributed by atoms with van der Waals surface area (Å²) in [6.07, 6.45) is 0. The van der Waals surface area contributed by atoms with Gasteiger partial charge in [-0.3, -0.25) is 4.79 Å². The van der Waals surface area contributed by atoms with Crippen molar-refractivity contribution in [3.63, 3.8) is 0 Å². The van der Waals surface area contributed by atoms with Crippen LogP contribution in [0.3, 0.4) is 0 Å². The molecule has 1 heterocycles. The number of halogens is 1. The molecule has 6 nitrogen and oxygen atoms in total. The van der Waals surface area contributed by atoms with Crippen molar-refractivity contribution >= 4 is 34.8 Å². The Bertz CT molecular complexity index is 787. The predicted molar refractivity (Wildman–Crippen MR) is 107 cm³/mol. The van der Waals surface area contributed by atoms with Crippen LogP contribution in [0.4, 0.5) is 0 Å². The zero-order chi connectivity index (χ0) is 18.6. The van der Waals surface area contributed by atoms with Gasteiger partial charge in [0.05, 0.1) is 11.1 Å². The van der Waals surface area contributed by atoms with Crippen LogP contribution in [0.1, 0.15) is 5.69 Å². The van der Waals surface area contributed by atoms with E-state index in [0.29, 0.717) is 24.3 Å². The average molecular weight is 428 g/mol. The second kappa shape index (κ2) is 8.44. The molecular weight excluding hydrogens is 402 g/mol. The fraction of sp³-hybridized carbons (Fsp3) is 0.529. The normalized spacial score (nSPS) is 12.1. The molecule has 0 atom stereocenters. The summed E-state index contributed by atoms with van der Waals surface area (Å²) in [6.45, 7) is 8.33. The lowest BCUT2D eigenvalue weighted by molar-refractivity contribution is 0.0229. The monoisotopic (exact) mass is 427 g/mol. The fourth-order valence-corrected chi connectivity index (χ4v) is 3.55. The molecule has 25 heavy (non-hydrogen) atoms. The van der Waals surface area contributed by atoms with E-state index in [1.54, 1.807) is 6.07 Å². The highest BCUT2D eigenvalue weighted by Crippen LogP contribution is 2.29. The summed E-state index contributed by atoms with van der Waals surface area (Å²) >= 11 is 3.49. The van der Waals surface area contributed by atoms with Crippen LogP contribution in [0, 0.1) is 0 Å². The molecule has 8 heteroatoms. The second-order valence-electron chi connectivity index (χ2n) is 7.54. The number of benzene rings is 1. The minimum Gasteiger partial charge on any atom is -0.467 e. The van der Waals surface area contributed by atoms with E-state index in [1.807, 2.05) is 25.1 Å². The zero-order valence-electron chi connectivity index (χ0n) is 15.5. The third-order valence-corrected chi connectivity index (χ3v) is 5.82. The van der Waals surface area contributed by atoms with Crippen molar-refractivity contribution in [2.75, 3.05) is 27.5 Å². The largest absolute Gasteiger partial charge is 0.467 e. The van der Waals surface area contributed by atoms with Gasteiger partial charge in [-0.15, -0.1) is 0 Å². The molecule has 1 aromatic carbocycles. The Morgan fingerprint density at radius 2 is 2.00 bits per heavy atom. The number of rotatable bonds is 8. The van der Waals surface area contributed by atoms with Crippen LogP contribution in [0.25, 0.3) is 10.8 Å². The summed E-state index contributed by atoms with van der Waals surface area (Å²) in [5.74, 6) is 0.501. The number of aromatic amines is 1. The average Bonchev–Trinajstić information content (AvgIpc) is 2.47.